The van der Waals surface area contributed by atoms with Gasteiger partial charge in [-0.1, -0.05) is 185 Å². The zero-order valence-electron chi connectivity index (χ0n) is 53.6. The second-order valence-electron chi connectivity index (χ2n) is 23.8. The van der Waals surface area contributed by atoms with Crippen LogP contribution in [0.15, 0.2) is 292 Å². The topological polar surface area (TPSA) is 155 Å². The van der Waals surface area contributed by atoms with Gasteiger partial charge in [-0.05, 0) is 134 Å². The van der Waals surface area contributed by atoms with Gasteiger partial charge in [-0.25, -0.2) is 39.9 Å². The smallest absolute Gasteiger partial charge is 0.0930 e. The zero-order valence-corrected chi connectivity index (χ0v) is 53.6. The van der Waals surface area contributed by atoms with Gasteiger partial charge in [-0.3, -0.25) is 19.9 Å². The van der Waals surface area contributed by atoms with Crippen molar-refractivity contribution < 1.29 is 0 Å². The Morgan fingerprint density at radius 1 is 0.221 bits per heavy atom. The summed E-state index contributed by atoms with van der Waals surface area (Å²) < 4.78 is 0. The number of benzene rings is 8. The molecule has 16 aromatic rings. The highest BCUT2D eigenvalue weighted by Crippen LogP contribution is 2.34. The summed E-state index contributed by atoms with van der Waals surface area (Å²) in [6, 6.07) is 85.4. The van der Waals surface area contributed by atoms with Crippen LogP contribution in [0.4, 0.5) is 0 Å². The van der Waals surface area contributed by atoms with Gasteiger partial charge in [0, 0.05) is 76.0 Å². The summed E-state index contributed by atoms with van der Waals surface area (Å²) in [5.74, 6) is 0. The Morgan fingerprint density at radius 2 is 0.526 bits per heavy atom. The average Bonchev–Trinajstić information content (AvgIpc) is 0.818. The van der Waals surface area contributed by atoms with Crippen LogP contribution in [0.5, 0.6) is 0 Å². The Hall–Kier alpha value is -12.3. The highest BCUT2D eigenvalue weighted by atomic mass is 14.9. The molecule has 0 aliphatic rings. The Kier molecular flexibility index (Phi) is 18.2. The van der Waals surface area contributed by atoms with Gasteiger partial charge >= 0.3 is 0 Å². The zero-order chi connectivity index (χ0) is 65.1. The first-order valence-corrected chi connectivity index (χ1v) is 31.5. The third-order valence-corrected chi connectivity index (χ3v) is 16.1. The van der Waals surface area contributed by atoms with Gasteiger partial charge in [0.15, 0.2) is 0 Å². The van der Waals surface area contributed by atoms with Gasteiger partial charge in [0.05, 0.1) is 101 Å². The molecule has 0 spiro atoms. The molecule has 0 N–H and O–H groups in total. The van der Waals surface area contributed by atoms with Crippen LogP contribution in [0, 0.1) is 20.8 Å². The molecule has 95 heavy (non-hydrogen) atoms. The molecular weight excluding hydrogens is 1160 g/mol. The molecule has 0 radical (unpaired) electrons. The van der Waals surface area contributed by atoms with Crippen molar-refractivity contribution in [1.82, 2.24) is 59.8 Å². The van der Waals surface area contributed by atoms with E-state index in [-0.39, 0.29) is 5.41 Å². The number of hydrogen-bond donors (Lipinski definition) is 0. The number of aromatic nitrogens is 12. The second kappa shape index (κ2) is 28.1. The quantitative estimate of drug-likeness (QED) is 0.142. The summed E-state index contributed by atoms with van der Waals surface area (Å²) in [5, 5.41) is 0. The number of fused-ring (bicyclic) bond motifs is 4. The van der Waals surface area contributed by atoms with Crippen LogP contribution in [0.1, 0.15) is 43.5 Å². The monoisotopic (exact) mass is 1230 g/mol. The van der Waals surface area contributed by atoms with E-state index in [4.69, 9.17) is 24.9 Å². The minimum Gasteiger partial charge on any atom is -0.265 e. The molecule has 0 bridgehead atoms. The first-order valence-electron chi connectivity index (χ1n) is 31.5. The molecule has 0 saturated heterocycles. The number of para-hydroxylation sites is 8. The highest BCUT2D eigenvalue weighted by molar-refractivity contribution is 5.83. The number of nitrogens with zero attached hydrogens (tertiary/aromatic N) is 12. The standard InChI is InChI=1S/C23H21N3.3C20H15N3/c1-23(2,3)22-21(25-19-9-4-5-10-20(19)26-22)17-13-11-16(12-14-17)18-8-6-7-15-24-18;1-14-20(23-19-8-3-2-7-18(19)22-14)16-11-9-15(10-12-16)17-6-4-5-13-21-17;1-14-20(23-19-7-3-2-6-18(19)22-14)16-10-8-15(9-11-16)17-5-4-12-21-13-17;1-14-20(23-19-5-3-2-4-18(19)22-14)17-8-6-15(7-9-17)16-10-12-21-13-11-16/h4-15H,1-3H3;3*2-13H,1H3. The van der Waals surface area contributed by atoms with Crippen LogP contribution in [-0.4, -0.2) is 59.8 Å². The minimum atomic E-state index is -0.0912. The molecule has 0 aliphatic carbocycles. The molecule has 0 atom stereocenters. The molecule has 12 heteroatoms. The third-order valence-electron chi connectivity index (χ3n) is 16.1. The maximum Gasteiger partial charge on any atom is 0.0930 e. The van der Waals surface area contributed by atoms with Gasteiger partial charge in [0.25, 0.3) is 0 Å². The van der Waals surface area contributed by atoms with E-state index in [1.54, 1.807) is 6.20 Å². The van der Waals surface area contributed by atoms with Crippen molar-refractivity contribution in [3.63, 3.8) is 0 Å². The Balaban J connectivity index is 0.000000115. The summed E-state index contributed by atoms with van der Waals surface area (Å²) in [4.78, 5) is 55.2. The maximum atomic E-state index is 4.94. The van der Waals surface area contributed by atoms with Crippen molar-refractivity contribution in [3.05, 3.63) is 315 Å². The first kappa shape index (κ1) is 61.6. The van der Waals surface area contributed by atoms with Crippen LogP contribution in [0.25, 0.3) is 134 Å². The molecule has 8 aromatic heterocycles. The van der Waals surface area contributed by atoms with E-state index in [1.807, 2.05) is 203 Å². The van der Waals surface area contributed by atoms with Gasteiger partial charge in [0.2, 0.25) is 0 Å². The third kappa shape index (κ3) is 14.4. The SMILES string of the molecule is CC(C)(C)c1nc2ccccc2nc1-c1ccc(-c2ccccn2)cc1.Cc1nc2ccccc2nc1-c1ccc(-c2ccccn2)cc1.Cc1nc2ccccc2nc1-c1ccc(-c2cccnc2)cc1.Cc1nc2ccccc2nc1-c1ccc(-c2ccncc2)cc1. The van der Waals surface area contributed by atoms with Crippen molar-refractivity contribution in [2.24, 2.45) is 0 Å². The number of aryl methyl sites for hydroxylation is 3. The van der Waals surface area contributed by atoms with Crippen molar-refractivity contribution in [2.45, 2.75) is 47.0 Å². The summed E-state index contributed by atoms with van der Waals surface area (Å²) in [5.41, 5.74) is 27.9. The van der Waals surface area contributed by atoms with Crippen molar-refractivity contribution in [1.29, 1.82) is 0 Å². The maximum absolute atomic E-state index is 4.94. The largest absolute Gasteiger partial charge is 0.265 e. The number of rotatable bonds is 8. The molecule has 458 valence electrons. The van der Waals surface area contributed by atoms with Crippen molar-refractivity contribution in [2.75, 3.05) is 0 Å². The molecule has 0 amide bonds. The van der Waals surface area contributed by atoms with Crippen LogP contribution >= 0.6 is 0 Å². The molecule has 16 rings (SSSR count). The van der Waals surface area contributed by atoms with Crippen LogP contribution in [-0.2, 0) is 5.41 Å². The first-order chi connectivity index (χ1) is 46.4. The van der Waals surface area contributed by atoms with Gasteiger partial charge in [-0.2, -0.15) is 0 Å². The van der Waals surface area contributed by atoms with E-state index < -0.39 is 0 Å². The van der Waals surface area contributed by atoms with Crippen LogP contribution in [0.3, 0.4) is 0 Å². The number of hydrogen-bond acceptors (Lipinski definition) is 12. The molecule has 8 aromatic carbocycles. The fourth-order valence-corrected chi connectivity index (χ4v) is 11.2. The number of pyridine rings is 4. The summed E-state index contributed by atoms with van der Waals surface area (Å²) >= 11 is 0. The van der Waals surface area contributed by atoms with Gasteiger partial charge < -0.3 is 0 Å². The Labute approximate surface area is 552 Å². The van der Waals surface area contributed by atoms with E-state index in [0.29, 0.717) is 0 Å². The highest BCUT2D eigenvalue weighted by Gasteiger charge is 2.23. The van der Waals surface area contributed by atoms with Crippen molar-refractivity contribution in [3.8, 4) is 89.8 Å². The predicted molar refractivity (Wildman–Crippen MR) is 386 cm³/mol. The summed E-state index contributed by atoms with van der Waals surface area (Å²) in [6.07, 6.45) is 10.9. The van der Waals surface area contributed by atoms with E-state index >= 15 is 0 Å². The van der Waals surface area contributed by atoms with Gasteiger partial charge in [-0.15, -0.1) is 0 Å². The summed E-state index contributed by atoms with van der Waals surface area (Å²) in [7, 11) is 0. The Bertz CT molecular complexity index is 4880. The molecule has 12 nitrogen and oxygen atoms in total. The predicted octanol–water partition coefficient (Wildman–Crippen LogP) is 19.7. The molecule has 0 unspecified atom stereocenters. The molecule has 8 heterocycles. The average molecular weight is 1230 g/mol. The van der Waals surface area contributed by atoms with Crippen LogP contribution < -0.4 is 0 Å². The molecular formula is C83H66N12. The summed E-state index contributed by atoms with van der Waals surface area (Å²) in [6.45, 7) is 12.5. The molecule has 0 saturated carbocycles. The fraction of sp³-hybridized carbons (Fsp3) is 0.0843. The van der Waals surface area contributed by atoms with Crippen LogP contribution in [0.2, 0.25) is 0 Å². The molecule has 0 fully saturated rings. The second-order valence-corrected chi connectivity index (χ2v) is 23.8. The lowest BCUT2D eigenvalue weighted by Gasteiger charge is -2.21. The van der Waals surface area contributed by atoms with Gasteiger partial charge in [0.1, 0.15) is 0 Å². The van der Waals surface area contributed by atoms with E-state index in [0.717, 1.165) is 151 Å². The molecule has 0 aliphatic heterocycles. The lowest BCUT2D eigenvalue weighted by Crippen LogP contribution is -2.16. The van der Waals surface area contributed by atoms with E-state index in [1.165, 1.54) is 5.56 Å². The normalized spacial score (nSPS) is 11.1. The fourth-order valence-electron chi connectivity index (χ4n) is 11.2. The lowest BCUT2D eigenvalue weighted by molar-refractivity contribution is 0.571. The van der Waals surface area contributed by atoms with Crippen molar-refractivity contribution >= 4 is 44.1 Å². The van der Waals surface area contributed by atoms with E-state index in [9.17, 15) is 0 Å². The van der Waals surface area contributed by atoms with E-state index in [2.05, 4.69) is 159 Å². The lowest BCUT2D eigenvalue weighted by atomic mass is 9.88. The minimum absolute atomic E-state index is 0.0912. The Morgan fingerprint density at radius 3 is 0.874 bits per heavy atom.